The van der Waals surface area contributed by atoms with Crippen molar-refractivity contribution in [2.24, 2.45) is 0 Å². The van der Waals surface area contributed by atoms with Gasteiger partial charge in [-0.1, -0.05) is 12.1 Å². The number of methoxy groups -OCH3 is 1. The molecule has 2 rings (SSSR count). The van der Waals surface area contributed by atoms with Gasteiger partial charge in [-0.3, -0.25) is 4.79 Å². The van der Waals surface area contributed by atoms with Crippen molar-refractivity contribution in [2.45, 2.75) is 13.0 Å². The van der Waals surface area contributed by atoms with Gasteiger partial charge in [-0.05, 0) is 36.8 Å². The zero-order valence-corrected chi connectivity index (χ0v) is 11.2. The van der Waals surface area contributed by atoms with Gasteiger partial charge in [0, 0.05) is 25.2 Å². The number of nitrogens with one attached hydrogen (secondary N) is 1. The van der Waals surface area contributed by atoms with Crippen LogP contribution in [-0.2, 0) is 9.53 Å². The average molecular weight is 258 g/mol. The van der Waals surface area contributed by atoms with Crippen molar-refractivity contribution in [1.82, 2.24) is 9.88 Å². The molecule has 1 aromatic carbocycles. The van der Waals surface area contributed by atoms with Crippen LogP contribution in [0.15, 0.2) is 48.8 Å². The summed E-state index contributed by atoms with van der Waals surface area (Å²) in [5, 5.41) is 2.88. The van der Waals surface area contributed by atoms with Crippen LogP contribution in [0.1, 0.15) is 18.5 Å². The number of aromatic nitrogens is 1. The molecule has 0 radical (unpaired) electrons. The van der Waals surface area contributed by atoms with Crippen LogP contribution in [0.25, 0.3) is 5.69 Å². The van der Waals surface area contributed by atoms with Gasteiger partial charge in [0.1, 0.15) is 6.61 Å². The number of hydrogen-bond donors (Lipinski definition) is 1. The Balaban J connectivity index is 2.04. The molecule has 1 N–H and O–H groups in total. The fourth-order valence-corrected chi connectivity index (χ4v) is 1.94. The summed E-state index contributed by atoms with van der Waals surface area (Å²) < 4.78 is 6.83. The Morgan fingerprint density at radius 3 is 2.47 bits per heavy atom. The molecule has 1 atom stereocenters. The molecule has 0 aliphatic rings. The molecule has 1 aromatic heterocycles. The number of rotatable bonds is 5. The van der Waals surface area contributed by atoms with Crippen LogP contribution >= 0.6 is 0 Å². The number of benzene rings is 1. The van der Waals surface area contributed by atoms with Gasteiger partial charge < -0.3 is 14.6 Å². The van der Waals surface area contributed by atoms with E-state index in [9.17, 15) is 4.79 Å². The highest BCUT2D eigenvalue weighted by Crippen LogP contribution is 2.15. The summed E-state index contributed by atoms with van der Waals surface area (Å²) in [6, 6.07) is 12.1. The number of carbonyl (C=O) groups is 1. The Hall–Kier alpha value is -2.07. The third kappa shape index (κ3) is 3.45. The van der Waals surface area contributed by atoms with Crippen LogP contribution in [-0.4, -0.2) is 24.2 Å². The lowest BCUT2D eigenvalue weighted by Crippen LogP contribution is -2.29. The SMILES string of the molecule is COCC(=O)NC(C)c1ccc(-n2cccc2)cc1. The first-order chi connectivity index (χ1) is 9.20. The fraction of sp³-hybridized carbons (Fsp3) is 0.267. The second-order valence-corrected chi connectivity index (χ2v) is 4.40. The van der Waals surface area contributed by atoms with Crippen LogP contribution in [0.3, 0.4) is 0 Å². The Kier molecular flexibility index (Phi) is 4.36. The molecular weight excluding hydrogens is 240 g/mol. The Bertz CT molecular complexity index is 518. The molecule has 1 amide bonds. The third-order valence-corrected chi connectivity index (χ3v) is 2.95. The summed E-state index contributed by atoms with van der Waals surface area (Å²) in [5.41, 5.74) is 2.17. The normalized spacial score (nSPS) is 12.1. The molecule has 1 heterocycles. The molecule has 0 aliphatic carbocycles. The maximum Gasteiger partial charge on any atom is 0.246 e. The zero-order chi connectivity index (χ0) is 13.7. The molecule has 100 valence electrons. The van der Waals surface area contributed by atoms with E-state index in [0.29, 0.717) is 0 Å². The van der Waals surface area contributed by atoms with Gasteiger partial charge >= 0.3 is 0 Å². The topological polar surface area (TPSA) is 43.3 Å². The maximum atomic E-state index is 11.4. The first-order valence-corrected chi connectivity index (χ1v) is 6.22. The van der Waals surface area contributed by atoms with E-state index < -0.39 is 0 Å². The molecule has 4 heteroatoms. The largest absolute Gasteiger partial charge is 0.375 e. The van der Waals surface area contributed by atoms with Crippen molar-refractivity contribution >= 4 is 5.91 Å². The van der Waals surface area contributed by atoms with Gasteiger partial charge in [0.25, 0.3) is 0 Å². The number of nitrogens with zero attached hydrogens (tertiary/aromatic N) is 1. The standard InChI is InChI=1S/C15H18N2O2/c1-12(16-15(18)11-19-2)13-5-7-14(8-6-13)17-9-3-4-10-17/h3-10,12H,11H2,1-2H3,(H,16,18). The molecule has 0 bridgehead atoms. The lowest BCUT2D eigenvalue weighted by molar-refractivity contribution is -0.125. The molecule has 0 saturated carbocycles. The molecule has 0 fully saturated rings. The fourth-order valence-electron chi connectivity index (χ4n) is 1.94. The van der Waals surface area contributed by atoms with E-state index in [-0.39, 0.29) is 18.6 Å². The zero-order valence-electron chi connectivity index (χ0n) is 11.2. The molecule has 2 aromatic rings. The lowest BCUT2D eigenvalue weighted by Gasteiger charge is -2.14. The molecule has 19 heavy (non-hydrogen) atoms. The number of hydrogen-bond acceptors (Lipinski definition) is 2. The Labute approximate surface area is 113 Å². The van der Waals surface area contributed by atoms with Crippen molar-refractivity contribution in [3.05, 3.63) is 54.4 Å². The monoisotopic (exact) mass is 258 g/mol. The minimum absolute atomic E-state index is 0.0265. The Morgan fingerprint density at radius 1 is 1.26 bits per heavy atom. The number of amides is 1. The maximum absolute atomic E-state index is 11.4. The van der Waals surface area contributed by atoms with E-state index in [1.165, 1.54) is 7.11 Å². The minimum Gasteiger partial charge on any atom is -0.375 e. The second-order valence-electron chi connectivity index (χ2n) is 4.40. The predicted octanol–water partition coefficient (Wildman–Crippen LogP) is 2.30. The van der Waals surface area contributed by atoms with Crippen LogP contribution in [0.5, 0.6) is 0 Å². The molecule has 0 spiro atoms. The van der Waals surface area contributed by atoms with E-state index in [0.717, 1.165) is 11.3 Å². The molecule has 4 nitrogen and oxygen atoms in total. The van der Waals surface area contributed by atoms with Gasteiger partial charge in [0.15, 0.2) is 0 Å². The molecule has 1 unspecified atom stereocenters. The summed E-state index contributed by atoms with van der Waals surface area (Å²) in [7, 11) is 1.51. The van der Waals surface area contributed by atoms with Crippen LogP contribution in [0.2, 0.25) is 0 Å². The van der Waals surface area contributed by atoms with E-state index in [4.69, 9.17) is 4.74 Å². The third-order valence-electron chi connectivity index (χ3n) is 2.95. The van der Waals surface area contributed by atoms with Gasteiger partial charge in [-0.15, -0.1) is 0 Å². The summed E-state index contributed by atoms with van der Waals surface area (Å²) in [4.78, 5) is 11.4. The Morgan fingerprint density at radius 2 is 1.89 bits per heavy atom. The van der Waals surface area contributed by atoms with Crippen molar-refractivity contribution < 1.29 is 9.53 Å². The minimum atomic E-state index is -0.107. The highest BCUT2D eigenvalue weighted by molar-refractivity contribution is 5.77. The highest BCUT2D eigenvalue weighted by Gasteiger charge is 2.09. The van der Waals surface area contributed by atoms with Gasteiger partial charge in [0.2, 0.25) is 5.91 Å². The van der Waals surface area contributed by atoms with E-state index in [2.05, 4.69) is 5.32 Å². The van der Waals surface area contributed by atoms with Gasteiger partial charge in [0.05, 0.1) is 6.04 Å². The smallest absolute Gasteiger partial charge is 0.246 e. The lowest BCUT2D eigenvalue weighted by atomic mass is 10.1. The quantitative estimate of drug-likeness (QED) is 0.894. The summed E-state index contributed by atoms with van der Waals surface area (Å²) in [6.45, 7) is 2.05. The molecular formula is C15H18N2O2. The van der Waals surface area contributed by atoms with Gasteiger partial charge in [-0.2, -0.15) is 0 Å². The van der Waals surface area contributed by atoms with Gasteiger partial charge in [-0.25, -0.2) is 0 Å². The first-order valence-electron chi connectivity index (χ1n) is 6.22. The van der Waals surface area contributed by atoms with Crippen LogP contribution in [0.4, 0.5) is 0 Å². The first kappa shape index (κ1) is 13.4. The highest BCUT2D eigenvalue weighted by atomic mass is 16.5. The van der Waals surface area contributed by atoms with Crippen molar-refractivity contribution in [3.63, 3.8) is 0 Å². The summed E-state index contributed by atoms with van der Waals surface area (Å²) in [5.74, 6) is -0.107. The number of carbonyl (C=O) groups excluding carboxylic acids is 1. The van der Waals surface area contributed by atoms with Crippen LogP contribution in [0, 0.1) is 0 Å². The summed E-state index contributed by atoms with van der Waals surface area (Å²) >= 11 is 0. The van der Waals surface area contributed by atoms with E-state index in [1.807, 2.05) is 60.3 Å². The molecule has 0 saturated heterocycles. The molecule has 0 aliphatic heterocycles. The predicted molar refractivity (Wildman–Crippen MR) is 74.2 cm³/mol. The van der Waals surface area contributed by atoms with E-state index in [1.54, 1.807) is 0 Å². The van der Waals surface area contributed by atoms with Crippen molar-refractivity contribution in [3.8, 4) is 5.69 Å². The summed E-state index contributed by atoms with van der Waals surface area (Å²) in [6.07, 6.45) is 4.00. The van der Waals surface area contributed by atoms with Crippen molar-refractivity contribution in [1.29, 1.82) is 0 Å². The van der Waals surface area contributed by atoms with Crippen molar-refractivity contribution in [2.75, 3.05) is 13.7 Å². The van der Waals surface area contributed by atoms with Crippen LogP contribution < -0.4 is 5.32 Å². The van der Waals surface area contributed by atoms with E-state index >= 15 is 0 Å². The second kappa shape index (κ2) is 6.20. The number of ether oxygens (including phenoxy) is 1. The average Bonchev–Trinajstić information content (AvgIpc) is 2.93.